The molecule has 4 atom stereocenters. The molecule has 0 aromatic rings. The molecule has 2 aliphatic heterocycles. The molecule has 0 bridgehead atoms. The number of nitrogens with zero attached hydrogens (tertiary/aromatic N) is 1. The fourth-order valence-electron chi connectivity index (χ4n) is 2.39. The fraction of sp³-hybridized carbons (Fsp3) is 0.818. The number of amides is 2. The van der Waals surface area contributed by atoms with Crippen LogP contribution in [0, 0.1) is 6.13 Å². The van der Waals surface area contributed by atoms with Crippen molar-refractivity contribution in [1.29, 1.82) is 0 Å². The SMILES string of the molecule is C#[P+][C@]1(P)C[C@@H](CO)O[C@H]1CN1CCCNC1=O. The second-order valence-corrected chi connectivity index (χ2v) is 7.39. The summed E-state index contributed by atoms with van der Waals surface area (Å²) in [6.45, 7) is 2.00. The molecule has 100 valence electrons. The quantitative estimate of drug-likeness (QED) is 0.750. The Kier molecular flexibility index (Phi) is 4.64. The summed E-state index contributed by atoms with van der Waals surface area (Å²) in [7, 11) is 3.46. The second kappa shape index (κ2) is 5.86. The molecular formula is C11H19N2O3P2+. The zero-order valence-corrected chi connectivity index (χ0v) is 12.3. The topological polar surface area (TPSA) is 61.8 Å². The van der Waals surface area contributed by atoms with Crippen molar-refractivity contribution in [2.45, 2.75) is 29.9 Å². The van der Waals surface area contributed by atoms with Gasteiger partial charge in [0.25, 0.3) is 0 Å². The molecule has 0 radical (unpaired) electrons. The maximum atomic E-state index is 11.7. The zero-order valence-electron chi connectivity index (χ0n) is 10.2. The predicted octanol–water partition coefficient (Wildman–Crippen LogP) is 0.658. The predicted molar refractivity (Wildman–Crippen MR) is 74.3 cm³/mol. The van der Waals surface area contributed by atoms with E-state index in [-0.39, 0.29) is 29.7 Å². The number of hydrogen-bond acceptors (Lipinski definition) is 3. The minimum absolute atomic E-state index is 0.00559. The Balaban J connectivity index is 2.03. The van der Waals surface area contributed by atoms with Crippen molar-refractivity contribution in [3.63, 3.8) is 0 Å². The molecule has 18 heavy (non-hydrogen) atoms. The number of urea groups is 1. The van der Waals surface area contributed by atoms with E-state index in [4.69, 9.17) is 10.9 Å². The van der Waals surface area contributed by atoms with Crippen LogP contribution in [0.2, 0.25) is 0 Å². The average molecular weight is 289 g/mol. The molecule has 2 rings (SSSR count). The molecule has 1 unspecified atom stereocenters. The van der Waals surface area contributed by atoms with E-state index >= 15 is 0 Å². The van der Waals surface area contributed by atoms with Gasteiger partial charge in [-0.1, -0.05) is 0 Å². The van der Waals surface area contributed by atoms with Crippen LogP contribution < -0.4 is 5.32 Å². The van der Waals surface area contributed by atoms with Crippen LogP contribution in [-0.4, -0.2) is 59.4 Å². The number of nitrogens with one attached hydrogen (secondary N) is 1. The first-order valence-corrected chi connectivity index (χ1v) is 7.63. The molecule has 2 aliphatic rings. The van der Waals surface area contributed by atoms with Crippen LogP contribution in [0.25, 0.3) is 0 Å². The summed E-state index contributed by atoms with van der Waals surface area (Å²) in [5.74, 6) is 0. The Morgan fingerprint density at radius 1 is 1.72 bits per heavy atom. The molecule has 2 fully saturated rings. The Morgan fingerprint density at radius 2 is 2.50 bits per heavy atom. The number of aliphatic hydroxyl groups excluding tert-OH is 1. The normalized spacial score (nSPS) is 36.5. The Morgan fingerprint density at radius 3 is 3.11 bits per heavy atom. The van der Waals surface area contributed by atoms with Crippen LogP contribution in [0.5, 0.6) is 0 Å². The molecule has 2 heterocycles. The van der Waals surface area contributed by atoms with Gasteiger partial charge in [0.05, 0.1) is 0 Å². The number of carbonyl (C=O) groups is 1. The Hall–Kier alpha value is -0.170. The first-order valence-electron chi connectivity index (χ1n) is 6.09. The number of aliphatic hydroxyl groups is 1. The van der Waals surface area contributed by atoms with Crippen LogP contribution in [0.3, 0.4) is 0 Å². The second-order valence-electron chi connectivity index (χ2n) is 4.79. The van der Waals surface area contributed by atoms with Gasteiger partial charge in [-0.3, -0.25) is 0 Å². The van der Waals surface area contributed by atoms with E-state index in [0.29, 0.717) is 13.0 Å². The van der Waals surface area contributed by atoms with Gasteiger partial charge in [-0.25, -0.2) is 0 Å². The molecule has 0 spiro atoms. The number of carbonyl (C=O) groups excluding carboxylic acids is 1. The van der Waals surface area contributed by atoms with Gasteiger partial charge < -0.3 is 0 Å². The molecular weight excluding hydrogens is 270 g/mol. The summed E-state index contributed by atoms with van der Waals surface area (Å²) < 4.78 is 5.79. The van der Waals surface area contributed by atoms with Crippen molar-refractivity contribution < 1.29 is 14.6 Å². The van der Waals surface area contributed by atoms with Crippen molar-refractivity contribution in [3.8, 4) is 6.13 Å². The van der Waals surface area contributed by atoms with Crippen molar-refractivity contribution in [1.82, 2.24) is 10.2 Å². The van der Waals surface area contributed by atoms with E-state index in [1.54, 1.807) is 4.90 Å². The number of hydrogen-bond donors (Lipinski definition) is 2. The van der Waals surface area contributed by atoms with Crippen molar-refractivity contribution in [3.05, 3.63) is 0 Å². The van der Waals surface area contributed by atoms with Gasteiger partial charge in [0, 0.05) is 0 Å². The summed E-state index contributed by atoms with van der Waals surface area (Å²) in [5, 5.41) is 12.0. The third-order valence-corrected chi connectivity index (χ3v) is 5.47. The molecule has 0 aromatic carbocycles. The average Bonchev–Trinajstić information content (AvgIpc) is 2.70. The summed E-state index contributed by atoms with van der Waals surface area (Å²) in [6, 6.07) is -0.0432. The molecule has 5 nitrogen and oxygen atoms in total. The molecule has 0 saturated carbocycles. The van der Waals surface area contributed by atoms with Gasteiger partial charge >= 0.3 is 110 Å². The van der Waals surface area contributed by atoms with Crippen LogP contribution >= 0.6 is 17.3 Å². The Labute approximate surface area is 111 Å². The van der Waals surface area contributed by atoms with Gasteiger partial charge in [0.2, 0.25) is 0 Å². The van der Waals surface area contributed by atoms with Crippen molar-refractivity contribution >= 4 is 23.3 Å². The summed E-state index contributed by atoms with van der Waals surface area (Å²) >= 11 is 0. The third-order valence-electron chi connectivity index (χ3n) is 3.47. The molecule has 2 N–H and O–H groups in total. The third kappa shape index (κ3) is 2.87. The molecule has 0 aliphatic carbocycles. The summed E-state index contributed by atoms with van der Waals surface area (Å²) in [6.07, 6.45) is 7.11. The minimum atomic E-state index is -0.273. The van der Waals surface area contributed by atoms with Crippen LogP contribution in [0.1, 0.15) is 12.8 Å². The van der Waals surface area contributed by atoms with Crippen LogP contribution in [0.15, 0.2) is 0 Å². The van der Waals surface area contributed by atoms with Gasteiger partial charge in [0.1, 0.15) is 0 Å². The van der Waals surface area contributed by atoms with E-state index in [0.717, 1.165) is 27.5 Å². The number of ether oxygens (including phenoxy) is 1. The van der Waals surface area contributed by atoms with E-state index in [1.807, 2.05) is 0 Å². The zero-order chi connectivity index (χ0) is 13.2. The summed E-state index contributed by atoms with van der Waals surface area (Å²) in [4.78, 5) is 13.2. The number of rotatable bonds is 3. The first kappa shape index (κ1) is 14.2. The summed E-state index contributed by atoms with van der Waals surface area (Å²) in [5.41, 5.74) is 0. The fourth-order valence-corrected chi connectivity index (χ4v) is 3.46. The molecule has 2 amide bonds. The Bertz CT molecular complexity index is 374. The van der Waals surface area contributed by atoms with E-state index in [2.05, 4.69) is 14.6 Å². The van der Waals surface area contributed by atoms with Gasteiger partial charge in [-0.15, -0.1) is 0 Å². The van der Waals surface area contributed by atoms with Crippen LogP contribution in [-0.2, 0) is 4.74 Å². The van der Waals surface area contributed by atoms with Gasteiger partial charge in [-0.2, -0.15) is 0 Å². The monoisotopic (exact) mass is 289 g/mol. The van der Waals surface area contributed by atoms with Gasteiger partial charge in [-0.05, 0) is 0 Å². The standard InChI is InChI=1S/C11H18N2O3P2/c1-18-11(17)5-8(7-14)16-9(11)6-13-4-2-3-12-10(13)15/h1,8-9,14H,2-7,17H2/p+1/t8-,9-,11+/m0/s1. The molecule has 7 heteroatoms. The van der Waals surface area contributed by atoms with Crippen molar-refractivity contribution in [2.24, 2.45) is 0 Å². The van der Waals surface area contributed by atoms with Gasteiger partial charge in [0.15, 0.2) is 0 Å². The van der Waals surface area contributed by atoms with E-state index < -0.39 is 0 Å². The maximum absolute atomic E-state index is 11.7. The van der Waals surface area contributed by atoms with E-state index in [1.165, 1.54) is 0 Å². The van der Waals surface area contributed by atoms with Crippen LogP contribution in [0.4, 0.5) is 4.79 Å². The first-order chi connectivity index (χ1) is 8.59. The molecule has 0 aromatic heterocycles. The van der Waals surface area contributed by atoms with E-state index in [9.17, 15) is 9.90 Å². The van der Waals surface area contributed by atoms with Crippen molar-refractivity contribution in [2.75, 3.05) is 26.2 Å². The molecule has 2 saturated heterocycles.